The summed E-state index contributed by atoms with van der Waals surface area (Å²) in [7, 11) is -1.67. The summed E-state index contributed by atoms with van der Waals surface area (Å²) in [6.45, 7) is 2.43. The highest BCUT2D eigenvalue weighted by atomic mass is 32.2. The third-order valence-corrected chi connectivity index (χ3v) is 7.85. The molecule has 1 amide bonds. The Labute approximate surface area is 147 Å². The minimum atomic E-state index is -3.57. The van der Waals surface area contributed by atoms with Crippen LogP contribution in [0, 0.1) is 0 Å². The molecule has 0 bridgehead atoms. The summed E-state index contributed by atoms with van der Waals surface area (Å²) in [6, 6.07) is 1.87. The van der Waals surface area contributed by atoms with E-state index >= 15 is 0 Å². The first-order valence-electron chi connectivity index (χ1n) is 8.58. The number of nitrogens with zero attached hydrogens (tertiary/aromatic N) is 2. The molecule has 8 heteroatoms. The van der Waals surface area contributed by atoms with Crippen molar-refractivity contribution in [2.24, 2.45) is 0 Å². The Morgan fingerprint density at radius 3 is 2.67 bits per heavy atom. The summed E-state index contributed by atoms with van der Waals surface area (Å²) in [5.74, 6) is -0.152. The molecule has 0 spiro atoms. The van der Waals surface area contributed by atoms with Gasteiger partial charge in [0.05, 0.1) is 0 Å². The van der Waals surface area contributed by atoms with Crippen molar-refractivity contribution in [1.82, 2.24) is 14.5 Å². The van der Waals surface area contributed by atoms with Gasteiger partial charge in [0.25, 0.3) is 5.91 Å². The third-order valence-electron chi connectivity index (χ3n) is 4.87. The molecule has 1 N–H and O–H groups in total. The van der Waals surface area contributed by atoms with Crippen LogP contribution in [-0.2, 0) is 10.0 Å². The number of carbonyl (C=O) groups is 1. The van der Waals surface area contributed by atoms with Gasteiger partial charge in [-0.25, -0.2) is 8.42 Å². The lowest BCUT2D eigenvalue weighted by atomic mass is 10.1. The lowest BCUT2D eigenvalue weighted by Crippen LogP contribution is -2.47. The number of thiophene rings is 1. The SMILES string of the molecule is CNC1CCCN(C(=O)c2sccc2S(=O)(=O)N2CCCCC2)C1. The zero-order valence-electron chi connectivity index (χ0n) is 14.0. The topological polar surface area (TPSA) is 69.7 Å². The van der Waals surface area contributed by atoms with Crippen LogP contribution in [0.4, 0.5) is 0 Å². The van der Waals surface area contributed by atoms with Crippen molar-refractivity contribution in [2.45, 2.75) is 43.0 Å². The number of sulfonamides is 1. The fourth-order valence-electron chi connectivity index (χ4n) is 3.44. The van der Waals surface area contributed by atoms with Crippen LogP contribution >= 0.6 is 11.3 Å². The van der Waals surface area contributed by atoms with E-state index in [0.717, 1.165) is 32.1 Å². The molecule has 3 rings (SSSR count). The van der Waals surface area contributed by atoms with Crippen molar-refractivity contribution in [3.05, 3.63) is 16.3 Å². The van der Waals surface area contributed by atoms with E-state index < -0.39 is 10.0 Å². The molecular weight excluding hydrogens is 346 g/mol. The van der Waals surface area contributed by atoms with Gasteiger partial charge in [-0.05, 0) is 44.2 Å². The molecule has 0 saturated carbocycles. The standard InChI is InChI=1S/C16H25N3O3S2/c1-17-13-6-5-8-18(12-13)16(20)15-14(7-11-23-15)24(21,22)19-9-3-2-4-10-19/h7,11,13,17H,2-6,8-10,12H2,1H3. The lowest BCUT2D eigenvalue weighted by molar-refractivity contribution is 0.0699. The second kappa shape index (κ2) is 7.51. The van der Waals surface area contributed by atoms with E-state index in [2.05, 4.69) is 5.32 Å². The number of nitrogens with one attached hydrogen (secondary N) is 1. The van der Waals surface area contributed by atoms with Crippen molar-refractivity contribution in [2.75, 3.05) is 33.2 Å². The monoisotopic (exact) mass is 371 g/mol. The highest BCUT2D eigenvalue weighted by Gasteiger charge is 2.33. The zero-order chi connectivity index (χ0) is 17.2. The number of likely N-dealkylation sites (tertiary alicyclic amines) is 1. The van der Waals surface area contributed by atoms with Gasteiger partial charge < -0.3 is 10.2 Å². The van der Waals surface area contributed by atoms with Gasteiger partial charge in [-0.3, -0.25) is 4.79 Å². The minimum Gasteiger partial charge on any atom is -0.336 e. The van der Waals surface area contributed by atoms with Crippen LogP contribution in [0.15, 0.2) is 16.3 Å². The van der Waals surface area contributed by atoms with Crippen LogP contribution in [0.2, 0.25) is 0 Å². The van der Waals surface area contributed by atoms with E-state index in [0.29, 0.717) is 31.1 Å². The van der Waals surface area contributed by atoms with Crippen LogP contribution in [0.1, 0.15) is 41.8 Å². The Bertz CT molecular complexity index is 680. The molecule has 0 aromatic carbocycles. The predicted molar refractivity (Wildman–Crippen MR) is 94.9 cm³/mol. The third kappa shape index (κ3) is 3.51. The summed E-state index contributed by atoms with van der Waals surface area (Å²) in [5, 5.41) is 4.93. The first-order chi connectivity index (χ1) is 11.5. The average Bonchev–Trinajstić information content (AvgIpc) is 3.12. The molecule has 6 nitrogen and oxygen atoms in total. The largest absolute Gasteiger partial charge is 0.336 e. The summed E-state index contributed by atoms with van der Waals surface area (Å²) < 4.78 is 27.4. The Hall–Kier alpha value is -0.960. The number of piperidine rings is 2. The summed E-state index contributed by atoms with van der Waals surface area (Å²) >= 11 is 1.23. The fraction of sp³-hybridized carbons (Fsp3) is 0.688. The van der Waals surface area contributed by atoms with Crippen molar-refractivity contribution < 1.29 is 13.2 Å². The highest BCUT2D eigenvalue weighted by molar-refractivity contribution is 7.89. The van der Waals surface area contributed by atoms with E-state index in [1.165, 1.54) is 15.6 Å². The molecule has 2 fully saturated rings. The molecule has 1 aromatic heterocycles. The normalized spacial score (nSPS) is 23.4. The number of likely N-dealkylation sites (N-methyl/N-ethyl adjacent to an activating group) is 1. The molecule has 3 heterocycles. The first kappa shape index (κ1) is 17.8. The molecule has 2 aliphatic heterocycles. The predicted octanol–water partition coefficient (Wildman–Crippen LogP) is 1.75. The first-order valence-corrected chi connectivity index (χ1v) is 10.9. The number of rotatable bonds is 4. The number of carbonyl (C=O) groups excluding carboxylic acids is 1. The van der Waals surface area contributed by atoms with Crippen molar-refractivity contribution >= 4 is 27.3 Å². The van der Waals surface area contributed by atoms with Crippen LogP contribution in [0.25, 0.3) is 0 Å². The number of hydrogen-bond donors (Lipinski definition) is 1. The molecular formula is C16H25N3O3S2. The Balaban J connectivity index is 1.83. The van der Waals surface area contributed by atoms with Gasteiger partial charge >= 0.3 is 0 Å². The Kier molecular flexibility index (Phi) is 5.59. The van der Waals surface area contributed by atoms with Crippen LogP contribution in [-0.4, -0.2) is 62.8 Å². The summed E-state index contributed by atoms with van der Waals surface area (Å²) in [4.78, 5) is 15.2. The molecule has 2 saturated heterocycles. The van der Waals surface area contributed by atoms with E-state index in [1.54, 1.807) is 16.3 Å². The lowest BCUT2D eigenvalue weighted by Gasteiger charge is -2.32. The molecule has 24 heavy (non-hydrogen) atoms. The fourth-order valence-corrected chi connectivity index (χ4v) is 6.32. The maximum atomic E-state index is 12.9. The van der Waals surface area contributed by atoms with Gasteiger partial charge in [-0.1, -0.05) is 6.42 Å². The van der Waals surface area contributed by atoms with Crippen molar-refractivity contribution in [3.63, 3.8) is 0 Å². The molecule has 0 aliphatic carbocycles. The van der Waals surface area contributed by atoms with Gasteiger partial charge in [0.2, 0.25) is 10.0 Å². The molecule has 1 unspecified atom stereocenters. The Morgan fingerprint density at radius 1 is 1.21 bits per heavy atom. The van der Waals surface area contributed by atoms with E-state index in [4.69, 9.17) is 0 Å². The molecule has 1 aromatic rings. The summed E-state index contributed by atoms with van der Waals surface area (Å²) in [5.41, 5.74) is 0. The van der Waals surface area contributed by atoms with Crippen LogP contribution in [0.5, 0.6) is 0 Å². The van der Waals surface area contributed by atoms with E-state index in [-0.39, 0.29) is 16.8 Å². The quantitative estimate of drug-likeness (QED) is 0.875. The maximum absolute atomic E-state index is 12.9. The van der Waals surface area contributed by atoms with Gasteiger partial charge in [-0.15, -0.1) is 11.3 Å². The van der Waals surface area contributed by atoms with Crippen LogP contribution in [0.3, 0.4) is 0 Å². The Morgan fingerprint density at radius 2 is 1.96 bits per heavy atom. The zero-order valence-corrected chi connectivity index (χ0v) is 15.7. The number of hydrogen-bond acceptors (Lipinski definition) is 5. The minimum absolute atomic E-state index is 0.152. The van der Waals surface area contributed by atoms with Crippen molar-refractivity contribution in [3.8, 4) is 0 Å². The second-order valence-corrected chi connectivity index (χ2v) is 9.28. The van der Waals surface area contributed by atoms with E-state index in [1.807, 2.05) is 7.05 Å². The van der Waals surface area contributed by atoms with Gasteiger partial charge in [0.15, 0.2) is 0 Å². The average molecular weight is 372 g/mol. The molecule has 1 atom stereocenters. The smallest absolute Gasteiger partial charge is 0.265 e. The molecule has 0 radical (unpaired) electrons. The van der Waals surface area contributed by atoms with Gasteiger partial charge in [0.1, 0.15) is 9.77 Å². The second-order valence-electron chi connectivity index (χ2n) is 6.46. The molecule has 2 aliphatic rings. The maximum Gasteiger partial charge on any atom is 0.265 e. The number of amides is 1. The van der Waals surface area contributed by atoms with Crippen molar-refractivity contribution in [1.29, 1.82) is 0 Å². The highest BCUT2D eigenvalue weighted by Crippen LogP contribution is 2.29. The van der Waals surface area contributed by atoms with E-state index in [9.17, 15) is 13.2 Å². The summed E-state index contributed by atoms with van der Waals surface area (Å²) in [6.07, 6.45) is 4.84. The van der Waals surface area contributed by atoms with Gasteiger partial charge in [0, 0.05) is 32.2 Å². The van der Waals surface area contributed by atoms with Gasteiger partial charge in [-0.2, -0.15) is 4.31 Å². The molecule has 134 valence electrons. The van der Waals surface area contributed by atoms with Crippen LogP contribution < -0.4 is 5.32 Å².